The number of para-hydroxylation sites is 1. The highest BCUT2D eigenvalue weighted by Gasteiger charge is 2.30. The van der Waals surface area contributed by atoms with Gasteiger partial charge in [0.1, 0.15) is 0 Å². The number of H-pyrrole nitrogens is 1. The molecule has 26 heavy (non-hydrogen) atoms. The number of nitrogens with zero attached hydrogens (tertiary/aromatic N) is 2. The number of nitrogens with one attached hydrogen (secondary N) is 2. The molecule has 1 heterocycles. The summed E-state index contributed by atoms with van der Waals surface area (Å²) in [6.45, 7) is -0.339. The van der Waals surface area contributed by atoms with Crippen molar-refractivity contribution in [3.63, 3.8) is 0 Å². The summed E-state index contributed by atoms with van der Waals surface area (Å²) in [6, 6.07) is 11.4. The first-order chi connectivity index (χ1) is 12.3. The molecule has 0 aliphatic carbocycles. The Labute approximate surface area is 145 Å². The van der Waals surface area contributed by atoms with Crippen LogP contribution in [0.1, 0.15) is 5.56 Å². The molecule has 9 heteroatoms. The number of fused-ring (bicyclic) bond motifs is 1. The molecule has 0 spiro atoms. The fraction of sp³-hybridized carbons (Fsp3) is 0.118. The van der Waals surface area contributed by atoms with Crippen LogP contribution in [0, 0.1) is 0 Å². The zero-order chi connectivity index (χ0) is 18.7. The third-order valence-corrected chi connectivity index (χ3v) is 3.55. The van der Waals surface area contributed by atoms with Crippen LogP contribution < -0.4 is 5.32 Å². The van der Waals surface area contributed by atoms with Crippen molar-refractivity contribution in [3.8, 4) is 5.88 Å². The smallest absolute Gasteiger partial charge is 0.416 e. The second-order valence-corrected chi connectivity index (χ2v) is 5.39. The van der Waals surface area contributed by atoms with E-state index in [9.17, 15) is 23.1 Å². The molecule has 6 nitrogen and oxygen atoms in total. The van der Waals surface area contributed by atoms with Crippen LogP contribution in [-0.2, 0) is 11.0 Å². The maximum Gasteiger partial charge on any atom is 0.416 e. The quantitative estimate of drug-likeness (QED) is 0.592. The lowest BCUT2D eigenvalue weighted by Gasteiger charge is -2.09. The number of hydrogen-bond donors (Lipinski definition) is 3. The van der Waals surface area contributed by atoms with Crippen LogP contribution in [0.25, 0.3) is 10.9 Å². The molecule has 0 fully saturated rings. The molecule has 134 valence electrons. The Kier molecular flexibility index (Phi) is 4.61. The van der Waals surface area contributed by atoms with Gasteiger partial charge >= 0.3 is 6.18 Å². The van der Waals surface area contributed by atoms with E-state index in [2.05, 4.69) is 20.5 Å². The van der Waals surface area contributed by atoms with Gasteiger partial charge in [0.25, 0.3) is 5.91 Å². The number of aromatic amines is 1. The van der Waals surface area contributed by atoms with Crippen LogP contribution >= 0.6 is 0 Å². The first kappa shape index (κ1) is 17.5. The predicted octanol–water partition coefficient (Wildman–Crippen LogP) is 4.61. The number of amides is 1. The Hall–Kier alpha value is -3.36. The zero-order valence-corrected chi connectivity index (χ0v) is 13.2. The van der Waals surface area contributed by atoms with Gasteiger partial charge in [-0.05, 0) is 24.3 Å². The number of aromatic hydroxyl groups is 1. The first-order valence-electron chi connectivity index (χ1n) is 7.50. The lowest BCUT2D eigenvalue weighted by atomic mass is 10.2. The summed E-state index contributed by atoms with van der Waals surface area (Å²) in [7, 11) is 0. The summed E-state index contributed by atoms with van der Waals surface area (Å²) in [6.07, 6.45) is -4.46. The van der Waals surface area contributed by atoms with Crippen LogP contribution in [0.5, 0.6) is 5.88 Å². The fourth-order valence-electron chi connectivity index (χ4n) is 2.34. The third-order valence-electron chi connectivity index (χ3n) is 3.55. The van der Waals surface area contributed by atoms with Gasteiger partial charge in [0, 0.05) is 11.1 Å². The van der Waals surface area contributed by atoms with Gasteiger partial charge in [-0.1, -0.05) is 24.3 Å². The van der Waals surface area contributed by atoms with Crippen molar-refractivity contribution >= 4 is 28.2 Å². The summed E-state index contributed by atoms with van der Waals surface area (Å²) in [4.78, 5) is 14.5. The molecule has 3 rings (SSSR count). The summed E-state index contributed by atoms with van der Waals surface area (Å²) >= 11 is 0. The highest BCUT2D eigenvalue weighted by Crippen LogP contribution is 2.35. The fourth-order valence-corrected chi connectivity index (χ4v) is 2.34. The van der Waals surface area contributed by atoms with Crippen molar-refractivity contribution in [1.29, 1.82) is 0 Å². The van der Waals surface area contributed by atoms with E-state index in [0.29, 0.717) is 10.9 Å². The SMILES string of the molecule is O=C(CNc1cccc(C(F)(F)F)c1)N=Nc1c(O)[nH]c2ccccc12. The zero-order valence-electron chi connectivity index (χ0n) is 13.2. The predicted molar refractivity (Wildman–Crippen MR) is 89.4 cm³/mol. The van der Waals surface area contributed by atoms with Gasteiger partial charge in [-0.25, -0.2) is 0 Å². The minimum atomic E-state index is -4.46. The van der Waals surface area contributed by atoms with E-state index in [4.69, 9.17) is 0 Å². The van der Waals surface area contributed by atoms with Crippen LogP contribution in [0.3, 0.4) is 0 Å². The topological polar surface area (TPSA) is 89.8 Å². The van der Waals surface area contributed by atoms with Gasteiger partial charge in [-0.3, -0.25) is 4.79 Å². The van der Waals surface area contributed by atoms with E-state index in [1.165, 1.54) is 12.1 Å². The van der Waals surface area contributed by atoms with Crippen molar-refractivity contribution in [2.45, 2.75) is 6.18 Å². The van der Waals surface area contributed by atoms with Crippen molar-refractivity contribution < 1.29 is 23.1 Å². The Bertz CT molecular complexity index is 980. The molecular formula is C17H13F3N4O2. The molecule has 0 atom stereocenters. The van der Waals surface area contributed by atoms with Crippen LogP contribution in [0.2, 0.25) is 0 Å². The second kappa shape index (κ2) is 6.87. The number of halogens is 3. The molecule has 0 saturated carbocycles. The Morgan fingerprint density at radius 2 is 1.92 bits per heavy atom. The number of azo groups is 1. The summed E-state index contributed by atoms with van der Waals surface area (Å²) < 4.78 is 38.0. The van der Waals surface area contributed by atoms with Crippen molar-refractivity contribution in [1.82, 2.24) is 4.98 Å². The first-order valence-corrected chi connectivity index (χ1v) is 7.50. The number of rotatable bonds is 4. The Morgan fingerprint density at radius 3 is 2.69 bits per heavy atom. The molecule has 3 N–H and O–H groups in total. The lowest BCUT2D eigenvalue weighted by molar-refractivity contribution is -0.137. The monoisotopic (exact) mass is 362 g/mol. The lowest BCUT2D eigenvalue weighted by Crippen LogP contribution is -2.12. The van der Waals surface area contributed by atoms with E-state index in [1.807, 2.05) is 0 Å². The van der Waals surface area contributed by atoms with Crippen molar-refractivity contribution in [3.05, 3.63) is 54.1 Å². The maximum atomic E-state index is 12.7. The minimum Gasteiger partial charge on any atom is -0.493 e. The molecule has 0 radical (unpaired) electrons. The van der Waals surface area contributed by atoms with Crippen LogP contribution in [0.15, 0.2) is 58.8 Å². The molecule has 0 saturated heterocycles. The highest BCUT2D eigenvalue weighted by atomic mass is 19.4. The average molecular weight is 362 g/mol. The van der Waals surface area contributed by atoms with Crippen molar-refractivity contribution in [2.24, 2.45) is 10.2 Å². The number of aromatic nitrogens is 1. The van der Waals surface area contributed by atoms with Gasteiger partial charge in [-0.15, -0.1) is 10.2 Å². The number of anilines is 1. The summed E-state index contributed by atoms with van der Waals surface area (Å²) in [5.41, 5.74) is 0.0696. The van der Waals surface area contributed by atoms with E-state index in [1.54, 1.807) is 24.3 Å². The van der Waals surface area contributed by atoms with Crippen molar-refractivity contribution in [2.75, 3.05) is 11.9 Å². The number of benzene rings is 2. The Morgan fingerprint density at radius 1 is 1.15 bits per heavy atom. The number of carbonyl (C=O) groups excluding carboxylic acids is 1. The molecule has 1 amide bonds. The van der Waals surface area contributed by atoms with E-state index in [0.717, 1.165) is 12.1 Å². The summed E-state index contributed by atoms with van der Waals surface area (Å²) in [5, 5.41) is 20.2. The normalized spacial score (nSPS) is 12.0. The van der Waals surface area contributed by atoms with Gasteiger partial charge in [0.2, 0.25) is 5.88 Å². The van der Waals surface area contributed by atoms with Gasteiger partial charge in [0.15, 0.2) is 5.69 Å². The maximum absolute atomic E-state index is 12.7. The minimum absolute atomic E-state index is 0.119. The number of hydrogen-bond acceptors (Lipinski definition) is 4. The molecule has 3 aromatic rings. The van der Waals surface area contributed by atoms with E-state index in [-0.39, 0.29) is 23.8 Å². The summed E-state index contributed by atoms with van der Waals surface area (Å²) in [5.74, 6) is -0.930. The molecule has 0 aliphatic heterocycles. The van der Waals surface area contributed by atoms with Crippen LogP contribution in [-0.4, -0.2) is 22.5 Å². The molecule has 0 unspecified atom stereocenters. The second-order valence-electron chi connectivity index (χ2n) is 5.39. The van der Waals surface area contributed by atoms with Gasteiger partial charge < -0.3 is 15.4 Å². The Balaban J connectivity index is 1.68. The largest absolute Gasteiger partial charge is 0.493 e. The molecule has 0 bridgehead atoms. The highest BCUT2D eigenvalue weighted by molar-refractivity contribution is 5.94. The third kappa shape index (κ3) is 3.82. The average Bonchev–Trinajstić information content (AvgIpc) is 2.93. The number of carbonyl (C=O) groups is 1. The molecule has 2 aromatic carbocycles. The molecular weight excluding hydrogens is 349 g/mol. The van der Waals surface area contributed by atoms with E-state index >= 15 is 0 Å². The van der Waals surface area contributed by atoms with E-state index < -0.39 is 17.6 Å². The van der Waals surface area contributed by atoms with Crippen LogP contribution in [0.4, 0.5) is 24.5 Å². The molecule has 0 aliphatic rings. The van der Waals surface area contributed by atoms with Gasteiger partial charge in [0.05, 0.1) is 17.6 Å². The van der Waals surface area contributed by atoms with Gasteiger partial charge in [-0.2, -0.15) is 13.2 Å². The molecule has 1 aromatic heterocycles. The number of alkyl halides is 3. The standard InChI is InChI=1S/C17H13F3N4O2/c18-17(19,20)10-4-3-5-11(8-10)21-9-14(25)23-24-15-12-6-1-2-7-13(12)22-16(15)26/h1-8,21-22,26H,9H2.